The minimum absolute atomic E-state index is 0.103. The van der Waals surface area contributed by atoms with E-state index in [1.165, 1.54) is 0 Å². The van der Waals surface area contributed by atoms with Gasteiger partial charge in [0.1, 0.15) is 0 Å². The van der Waals surface area contributed by atoms with E-state index in [9.17, 15) is 4.79 Å². The van der Waals surface area contributed by atoms with Gasteiger partial charge in [-0.3, -0.25) is 9.48 Å². The summed E-state index contributed by atoms with van der Waals surface area (Å²) in [4.78, 5) is 12.4. The molecule has 2 rings (SSSR count). The number of nitrogens with zero attached hydrogens (tertiary/aromatic N) is 2. The first-order valence-corrected chi connectivity index (χ1v) is 7.32. The van der Waals surface area contributed by atoms with Crippen LogP contribution in [0.25, 0.3) is 0 Å². The van der Waals surface area contributed by atoms with Gasteiger partial charge in [0.05, 0.1) is 5.69 Å². The highest BCUT2D eigenvalue weighted by Crippen LogP contribution is 2.23. The number of rotatable bonds is 5. The molecule has 0 radical (unpaired) electrons. The Morgan fingerprint density at radius 1 is 1.37 bits per heavy atom. The molecule has 0 atom stereocenters. The maximum absolute atomic E-state index is 11.3. The van der Waals surface area contributed by atoms with E-state index in [0.717, 1.165) is 21.9 Å². The summed E-state index contributed by atoms with van der Waals surface area (Å²) in [6, 6.07) is 10.2. The maximum atomic E-state index is 11.3. The van der Waals surface area contributed by atoms with Gasteiger partial charge in [-0.1, -0.05) is 12.1 Å². The molecular weight excluding hydrogens is 256 g/mol. The van der Waals surface area contributed by atoms with E-state index in [4.69, 9.17) is 0 Å². The van der Waals surface area contributed by atoms with E-state index in [0.29, 0.717) is 6.04 Å². The molecule has 0 bridgehead atoms. The molecule has 0 fully saturated rings. The second kappa shape index (κ2) is 6.06. The Hall–Kier alpha value is -1.55. The summed E-state index contributed by atoms with van der Waals surface area (Å²) in [7, 11) is 0. The third-order valence-corrected chi connectivity index (χ3v) is 3.85. The molecular formula is C15H18N2OS. The Kier molecular flexibility index (Phi) is 4.43. The number of benzene rings is 1. The van der Waals surface area contributed by atoms with Crippen molar-refractivity contribution in [1.82, 2.24) is 9.78 Å². The van der Waals surface area contributed by atoms with Crippen LogP contribution in [-0.2, 0) is 5.75 Å². The first-order chi connectivity index (χ1) is 9.06. The second-order valence-electron chi connectivity index (χ2n) is 4.75. The molecule has 0 unspecified atom stereocenters. The number of carbonyl (C=O) groups excluding carboxylic acids is 1. The molecule has 2 aromatic rings. The van der Waals surface area contributed by atoms with E-state index in [1.54, 1.807) is 18.7 Å². The van der Waals surface area contributed by atoms with E-state index in [2.05, 4.69) is 18.9 Å². The zero-order valence-corrected chi connectivity index (χ0v) is 12.3. The summed E-state index contributed by atoms with van der Waals surface area (Å²) in [6.45, 7) is 5.81. The van der Waals surface area contributed by atoms with Gasteiger partial charge in [-0.25, -0.2) is 0 Å². The van der Waals surface area contributed by atoms with Crippen molar-refractivity contribution in [3.8, 4) is 0 Å². The van der Waals surface area contributed by atoms with Crippen LogP contribution in [0.5, 0.6) is 0 Å². The number of thioether (sulfide) groups is 1. The van der Waals surface area contributed by atoms with Crippen molar-refractivity contribution in [2.75, 3.05) is 0 Å². The summed E-state index contributed by atoms with van der Waals surface area (Å²) in [5.41, 5.74) is 1.82. The predicted octanol–water partition coefficient (Wildman–Crippen LogP) is 3.96. The molecule has 0 amide bonds. The van der Waals surface area contributed by atoms with Crippen LogP contribution in [0.1, 0.15) is 42.9 Å². The van der Waals surface area contributed by atoms with E-state index >= 15 is 0 Å². The molecule has 100 valence electrons. The van der Waals surface area contributed by atoms with Crippen LogP contribution < -0.4 is 0 Å². The lowest BCUT2D eigenvalue weighted by atomic mass is 10.2. The molecule has 19 heavy (non-hydrogen) atoms. The van der Waals surface area contributed by atoms with Crippen LogP contribution in [0, 0.1) is 0 Å². The molecule has 1 aromatic carbocycles. The summed E-state index contributed by atoms with van der Waals surface area (Å²) in [5, 5.41) is 4.51. The normalized spacial score (nSPS) is 10.9. The largest absolute Gasteiger partial charge is 0.295 e. The Balaban J connectivity index is 2.01. The zero-order chi connectivity index (χ0) is 13.8. The van der Waals surface area contributed by atoms with Crippen molar-refractivity contribution < 1.29 is 4.79 Å². The molecule has 0 aliphatic heterocycles. The number of aromatic nitrogens is 2. The van der Waals surface area contributed by atoms with Crippen molar-refractivity contribution in [3.63, 3.8) is 0 Å². The summed E-state index contributed by atoms with van der Waals surface area (Å²) < 4.78 is 1.96. The van der Waals surface area contributed by atoms with Gasteiger partial charge in [0.2, 0.25) is 0 Å². The van der Waals surface area contributed by atoms with Gasteiger partial charge in [-0.05, 0) is 39.0 Å². The van der Waals surface area contributed by atoms with Gasteiger partial charge in [0.15, 0.2) is 5.78 Å². The van der Waals surface area contributed by atoms with Crippen molar-refractivity contribution in [2.45, 2.75) is 37.5 Å². The summed E-state index contributed by atoms with van der Waals surface area (Å²) in [6.07, 6.45) is 2.01. The minimum atomic E-state index is 0.103. The van der Waals surface area contributed by atoms with Crippen molar-refractivity contribution in [2.24, 2.45) is 0 Å². The highest BCUT2D eigenvalue weighted by Gasteiger charge is 2.04. The average Bonchev–Trinajstić information content (AvgIpc) is 2.85. The third-order valence-electron chi connectivity index (χ3n) is 2.82. The highest BCUT2D eigenvalue weighted by atomic mass is 32.2. The highest BCUT2D eigenvalue weighted by molar-refractivity contribution is 7.98. The Bertz CT molecular complexity index is 575. The van der Waals surface area contributed by atoms with Crippen molar-refractivity contribution >= 4 is 17.5 Å². The third kappa shape index (κ3) is 3.70. The minimum Gasteiger partial charge on any atom is -0.295 e. The molecule has 3 nitrogen and oxygen atoms in total. The first-order valence-electron chi connectivity index (χ1n) is 6.34. The van der Waals surface area contributed by atoms with Gasteiger partial charge < -0.3 is 0 Å². The molecule has 0 saturated heterocycles. The Morgan fingerprint density at radius 2 is 2.16 bits per heavy atom. The van der Waals surface area contributed by atoms with Crippen LogP contribution in [0.3, 0.4) is 0 Å². The average molecular weight is 274 g/mol. The maximum Gasteiger partial charge on any atom is 0.159 e. The van der Waals surface area contributed by atoms with Gasteiger partial charge in [0, 0.05) is 28.5 Å². The lowest BCUT2D eigenvalue weighted by Crippen LogP contribution is -2.01. The fourth-order valence-corrected chi connectivity index (χ4v) is 2.56. The SMILES string of the molecule is CC(=O)c1cccc(SCc2ccn(C(C)C)n2)c1. The Morgan fingerprint density at radius 3 is 2.79 bits per heavy atom. The van der Waals surface area contributed by atoms with Crippen LogP contribution in [0.2, 0.25) is 0 Å². The van der Waals surface area contributed by atoms with Crippen LogP contribution in [-0.4, -0.2) is 15.6 Å². The fraction of sp³-hybridized carbons (Fsp3) is 0.333. The zero-order valence-electron chi connectivity index (χ0n) is 11.5. The van der Waals surface area contributed by atoms with Gasteiger partial charge in [0.25, 0.3) is 0 Å². The number of Topliss-reactive ketones (excluding diaryl/α,β-unsaturated/α-hetero) is 1. The predicted molar refractivity (Wildman–Crippen MR) is 78.6 cm³/mol. The van der Waals surface area contributed by atoms with Crippen LogP contribution in [0.4, 0.5) is 0 Å². The molecule has 0 spiro atoms. The fourth-order valence-electron chi connectivity index (χ4n) is 1.70. The molecule has 4 heteroatoms. The molecule has 0 saturated carbocycles. The van der Waals surface area contributed by atoms with Crippen LogP contribution >= 0.6 is 11.8 Å². The van der Waals surface area contributed by atoms with E-state index in [-0.39, 0.29) is 5.78 Å². The second-order valence-corrected chi connectivity index (χ2v) is 5.80. The van der Waals surface area contributed by atoms with Gasteiger partial charge >= 0.3 is 0 Å². The number of carbonyl (C=O) groups is 1. The molecule has 1 heterocycles. The molecule has 0 aliphatic carbocycles. The van der Waals surface area contributed by atoms with E-state index in [1.807, 2.05) is 41.2 Å². The van der Waals surface area contributed by atoms with Gasteiger partial charge in [-0.15, -0.1) is 11.8 Å². The van der Waals surface area contributed by atoms with Crippen LogP contribution in [0.15, 0.2) is 41.4 Å². The smallest absolute Gasteiger partial charge is 0.159 e. The van der Waals surface area contributed by atoms with Gasteiger partial charge in [-0.2, -0.15) is 5.10 Å². The number of hydrogen-bond acceptors (Lipinski definition) is 3. The molecule has 0 N–H and O–H groups in total. The lowest BCUT2D eigenvalue weighted by Gasteiger charge is -2.04. The molecule has 1 aromatic heterocycles. The number of ketones is 1. The topological polar surface area (TPSA) is 34.9 Å². The monoisotopic (exact) mass is 274 g/mol. The summed E-state index contributed by atoms with van der Waals surface area (Å²) in [5.74, 6) is 0.924. The quantitative estimate of drug-likeness (QED) is 0.611. The first kappa shape index (κ1) is 13.9. The van der Waals surface area contributed by atoms with E-state index < -0.39 is 0 Å². The lowest BCUT2D eigenvalue weighted by molar-refractivity contribution is 0.101. The number of hydrogen-bond donors (Lipinski definition) is 0. The van der Waals surface area contributed by atoms with Crippen molar-refractivity contribution in [1.29, 1.82) is 0 Å². The van der Waals surface area contributed by atoms with Crippen molar-refractivity contribution in [3.05, 3.63) is 47.8 Å². The standard InChI is InChI=1S/C15H18N2OS/c1-11(2)17-8-7-14(16-17)10-19-15-6-4-5-13(9-15)12(3)18/h4-9,11H,10H2,1-3H3. The Labute approximate surface area is 118 Å². The summed E-state index contributed by atoms with van der Waals surface area (Å²) >= 11 is 1.70. The molecule has 0 aliphatic rings.